The summed E-state index contributed by atoms with van der Waals surface area (Å²) in [5.74, 6) is 0.773. The molecular formula is C26H25ClN2O6. The zero-order chi connectivity index (χ0) is 25.2. The van der Waals surface area contributed by atoms with Crippen molar-refractivity contribution < 1.29 is 28.5 Å². The second-order valence-corrected chi connectivity index (χ2v) is 7.65. The molecule has 0 saturated carbocycles. The maximum Gasteiger partial charge on any atom is 0.343 e. The Morgan fingerprint density at radius 2 is 1.80 bits per heavy atom. The predicted octanol–water partition coefficient (Wildman–Crippen LogP) is 4.88. The van der Waals surface area contributed by atoms with Crippen molar-refractivity contribution in [1.29, 1.82) is 0 Å². The minimum absolute atomic E-state index is 0.261. The predicted molar refractivity (Wildman–Crippen MR) is 133 cm³/mol. The zero-order valence-electron chi connectivity index (χ0n) is 19.5. The molecule has 0 aliphatic rings. The zero-order valence-corrected chi connectivity index (χ0v) is 20.2. The van der Waals surface area contributed by atoms with Crippen LogP contribution in [0.5, 0.6) is 23.0 Å². The molecule has 0 spiro atoms. The largest absolute Gasteiger partial charge is 0.497 e. The molecule has 0 aliphatic carbocycles. The summed E-state index contributed by atoms with van der Waals surface area (Å²) in [4.78, 5) is 24.8. The molecule has 3 aromatic rings. The van der Waals surface area contributed by atoms with Gasteiger partial charge in [0.15, 0.2) is 17.6 Å². The Balaban J connectivity index is 1.62. The molecule has 8 nitrogen and oxygen atoms in total. The molecule has 0 saturated heterocycles. The summed E-state index contributed by atoms with van der Waals surface area (Å²) >= 11 is 5.93. The number of nitrogens with one attached hydrogen (secondary N) is 1. The number of nitrogens with zero attached hydrogens (tertiary/aromatic N) is 1. The van der Waals surface area contributed by atoms with Crippen molar-refractivity contribution in [3.8, 4) is 23.0 Å². The minimum atomic E-state index is -0.788. The van der Waals surface area contributed by atoms with Crippen molar-refractivity contribution >= 4 is 29.7 Å². The molecule has 9 heteroatoms. The van der Waals surface area contributed by atoms with E-state index in [4.69, 9.17) is 30.5 Å². The van der Waals surface area contributed by atoms with Gasteiger partial charge in [-0.25, -0.2) is 10.2 Å². The van der Waals surface area contributed by atoms with E-state index in [-0.39, 0.29) is 5.75 Å². The molecule has 1 amide bonds. The average Bonchev–Trinajstić information content (AvgIpc) is 2.85. The number of benzene rings is 3. The van der Waals surface area contributed by atoms with Crippen LogP contribution < -0.4 is 24.4 Å². The van der Waals surface area contributed by atoms with Crippen LogP contribution in [0.4, 0.5) is 0 Å². The Hall–Kier alpha value is -4.04. The van der Waals surface area contributed by atoms with Crippen molar-refractivity contribution in [2.75, 3.05) is 13.7 Å². The van der Waals surface area contributed by atoms with Gasteiger partial charge in [0, 0.05) is 5.02 Å². The quantitative estimate of drug-likeness (QED) is 0.186. The number of hydrogen-bond acceptors (Lipinski definition) is 7. The number of esters is 1. The van der Waals surface area contributed by atoms with Crippen LogP contribution in [0.1, 0.15) is 29.8 Å². The molecule has 1 unspecified atom stereocenters. The van der Waals surface area contributed by atoms with Crippen molar-refractivity contribution in [3.63, 3.8) is 0 Å². The molecule has 35 heavy (non-hydrogen) atoms. The summed E-state index contributed by atoms with van der Waals surface area (Å²) < 4.78 is 21.8. The number of carbonyl (C=O) groups is 2. The number of hydrazone groups is 1. The van der Waals surface area contributed by atoms with Crippen LogP contribution in [0.3, 0.4) is 0 Å². The van der Waals surface area contributed by atoms with E-state index in [1.54, 1.807) is 80.8 Å². The third-order valence-corrected chi connectivity index (χ3v) is 4.90. The van der Waals surface area contributed by atoms with Gasteiger partial charge in [0.1, 0.15) is 11.5 Å². The lowest BCUT2D eigenvalue weighted by atomic mass is 10.2. The average molecular weight is 497 g/mol. The molecule has 0 radical (unpaired) electrons. The van der Waals surface area contributed by atoms with E-state index in [2.05, 4.69) is 10.5 Å². The highest BCUT2D eigenvalue weighted by molar-refractivity contribution is 6.30. The maximum atomic E-state index is 12.5. The second kappa shape index (κ2) is 12.4. The van der Waals surface area contributed by atoms with E-state index in [0.29, 0.717) is 40.0 Å². The number of ether oxygens (including phenoxy) is 4. The van der Waals surface area contributed by atoms with E-state index < -0.39 is 18.0 Å². The first-order chi connectivity index (χ1) is 16.9. The van der Waals surface area contributed by atoms with Gasteiger partial charge in [-0.1, -0.05) is 17.7 Å². The third kappa shape index (κ3) is 7.48. The molecule has 0 aromatic heterocycles. The number of amides is 1. The third-order valence-electron chi connectivity index (χ3n) is 4.66. The van der Waals surface area contributed by atoms with Crippen LogP contribution in [0, 0.1) is 0 Å². The first-order valence-corrected chi connectivity index (χ1v) is 11.2. The highest BCUT2D eigenvalue weighted by Crippen LogP contribution is 2.29. The molecular weight excluding hydrogens is 472 g/mol. The van der Waals surface area contributed by atoms with Crippen molar-refractivity contribution in [1.82, 2.24) is 5.43 Å². The standard InChI is InChI=1S/C26H25ClN2O6/c1-4-33-24-14-18(8-13-23(24)35-26(31)19-9-11-21(32-3)12-10-19)16-28-29-25(30)17(2)34-22-7-5-6-20(27)15-22/h5-17H,4H2,1-3H3,(H,29,30)/b28-16+. The summed E-state index contributed by atoms with van der Waals surface area (Å²) in [5, 5.41) is 4.48. The molecule has 0 heterocycles. The summed E-state index contributed by atoms with van der Waals surface area (Å²) in [6.45, 7) is 3.78. The van der Waals surface area contributed by atoms with Gasteiger partial charge in [-0.2, -0.15) is 5.10 Å². The SMILES string of the molecule is CCOc1cc(/C=N/NC(=O)C(C)Oc2cccc(Cl)c2)ccc1OC(=O)c1ccc(OC)cc1. The number of carbonyl (C=O) groups excluding carboxylic acids is 2. The minimum Gasteiger partial charge on any atom is -0.497 e. The van der Waals surface area contributed by atoms with Crippen LogP contribution in [-0.2, 0) is 4.79 Å². The summed E-state index contributed by atoms with van der Waals surface area (Å²) in [6, 6.07) is 18.3. The fraction of sp³-hybridized carbons (Fsp3) is 0.192. The van der Waals surface area contributed by atoms with Gasteiger partial charge in [0.25, 0.3) is 5.91 Å². The van der Waals surface area contributed by atoms with E-state index in [0.717, 1.165) is 0 Å². The normalized spacial score (nSPS) is 11.5. The van der Waals surface area contributed by atoms with E-state index in [9.17, 15) is 9.59 Å². The highest BCUT2D eigenvalue weighted by atomic mass is 35.5. The van der Waals surface area contributed by atoms with Crippen LogP contribution in [0.15, 0.2) is 71.8 Å². The summed E-state index contributed by atoms with van der Waals surface area (Å²) in [6.07, 6.45) is 0.658. The van der Waals surface area contributed by atoms with Gasteiger partial charge < -0.3 is 18.9 Å². The lowest BCUT2D eigenvalue weighted by Gasteiger charge is -2.13. The molecule has 1 N–H and O–H groups in total. The Morgan fingerprint density at radius 3 is 2.49 bits per heavy atom. The summed E-state index contributed by atoms with van der Waals surface area (Å²) in [7, 11) is 1.55. The first-order valence-electron chi connectivity index (χ1n) is 10.8. The topological polar surface area (TPSA) is 95.5 Å². The lowest BCUT2D eigenvalue weighted by Crippen LogP contribution is -2.33. The van der Waals surface area contributed by atoms with Gasteiger partial charge in [-0.05, 0) is 80.1 Å². The number of rotatable bonds is 10. The Kier molecular flexibility index (Phi) is 9.09. The molecule has 0 fully saturated rings. The Morgan fingerprint density at radius 1 is 1.03 bits per heavy atom. The van der Waals surface area contributed by atoms with Gasteiger partial charge >= 0.3 is 5.97 Å². The first kappa shape index (κ1) is 25.6. The fourth-order valence-corrected chi connectivity index (χ4v) is 3.08. The summed E-state index contributed by atoms with van der Waals surface area (Å²) in [5.41, 5.74) is 3.43. The van der Waals surface area contributed by atoms with E-state index in [1.165, 1.54) is 6.21 Å². The van der Waals surface area contributed by atoms with E-state index in [1.807, 2.05) is 6.92 Å². The van der Waals surface area contributed by atoms with Gasteiger partial charge in [0.2, 0.25) is 0 Å². The van der Waals surface area contributed by atoms with Crippen LogP contribution >= 0.6 is 11.6 Å². The monoisotopic (exact) mass is 496 g/mol. The number of hydrogen-bond donors (Lipinski definition) is 1. The number of halogens is 1. The molecule has 182 valence electrons. The van der Waals surface area contributed by atoms with Crippen molar-refractivity contribution in [3.05, 3.63) is 82.9 Å². The molecule has 3 rings (SSSR count). The highest BCUT2D eigenvalue weighted by Gasteiger charge is 2.15. The Bertz CT molecular complexity index is 1200. The number of methoxy groups -OCH3 is 1. The van der Waals surface area contributed by atoms with Gasteiger partial charge in [0.05, 0.1) is 25.5 Å². The maximum absolute atomic E-state index is 12.5. The Labute approximate surface area is 208 Å². The molecule has 1 atom stereocenters. The molecule has 0 aliphatic heterocycles. The van der Waals surface area contributed by atoms with E-state index >= 15 is 0 Å². The lowest BCUT2D eigenvalue weighted by molar-refractivity contribution is -0.127. The van der Waals surface area contributed by atoms with Crippen LogP contribution in [0.25, 0.3) is 0 Å². The fourth-order valence-electron chi connectivity index (χ4n) is 2.90. The van der Waals surface area contributed by atoms with Crippen LogP contribution in [0.2, 0.25) is 5.02 Å². The smallest absolute Gasteiger partial charge is 0.343 e. The van der Waals surface area contributed by atoms with Crippen molar-refractivity contribution in [2.45, 2.75) is 20.0 Å². The second-order valence-electron chi connectivity index (χ2n) is 7.21. The molecule has 0 bridgehead atoms. The molecule has 3 aromatic carbocycles. The van der Waals surface area contributed by atoms with Crippen LogP contribution in [-0.4, -0.2) is 37.9 Å². The van der Waals surface area contributed by atoms with Gasteiger partial charge in [-0.15, -0.1) is 0 Å². The van der Waals surface area contributed by atoms with Crippen molar-refractivity contribution in [2.24, 2.45) is 5.10 Å². The van der Waals surface area contributed by atoms with Gasteiger partial charge in [-0.3, -0.25) is 4.79 Å².